The summed E-state index contributed by atoms with van der Waals surface area (Å²) in [5.74, 6) is -0.513. The second-order valence-electron chi connectivity index (χ2n) is 7.49. The molecule has 0 bridgehead atoms. The topological polar surface area (TPSA) is 116 Å². The van der Waals surface area contributed by atoms with Gasteiger partial charge < -0.3 is 5.73 Å². The van der Waals surface area contributed by atoms with Crippen LogP contribution in [-0.2, 0) is 4.79 Å². The van der Waals surface area contributed by atoms with Crippen LogP contribution in [0.15, 0.2) is 28.6 Å². The fraction of sp³-hybridized carbons (Fsp3) is 0.286. The van der Waals surface area contributed by atoms with Crippen molar-refractivity contribution in [1.29, 1.82) is 0 Å². The number of thiophene rings is 1. The number of carbonyl (C=O) groups is 2. The van der Waals surface area contributed by atoms with Crippen molar-refractivity contribution in [3.05, 3.63) is 40.5 Å². The van der Waals surface area contributed by atoms with E-state index in [0.717, 1.165) is 20.5 Å². The number of thiazole rings is 1. The fourth-order valence-corrected chi connectivity index (χ4v) is 5.85. The van der Waals surface area contributed by atoms with E-state index in [-0.39, 0.29) is 17.7 Å². The highest BCUT2D eigenvalue weighted by Gasteiger charge is 2.20. The highest BCUT2D eigenvalue weighted by atomic mass is 32.2. The van der Waals surface area contributed by atoms with E-state index >= 15 is 0 Å². The molecule has 0 aliphatic heterocycles. The lowest BCUT2D eigenvalue weighted by Gasteiger charge is -2.09. The summed E-state index contributed by atoms with van der Waals surface area (Å²) < 4.78 is 2.67. The number of rotatable bonds is 7. The van der Waals surface area contributed by atoms with Gasteiger partial charge in [-0.25, -0.2) is 14.6 Å². The molecule has 0 unspecified atom stereocenters. The summed E-state index contributed by atoms with van der Waals surface area (Å²) in [4.78, 5) is 35.8. The van der Waals surface area contributed by atoms with Crippen LogP contribution in [0.2, 0.25) is 0 Å². The minimum Gasteiger partial charge on any atom is -0.369 e. The van der Waals surface area contributed by atoms with Gasteiger partial charge in [0.1, 0.15) is 0 Å². The zero-order chi connectivity index (χ0) is 23.0. The van der Waals surface area contributed by atoms with Crippen LogP contribution in [0.5, 0.6) is 0 Å². The lowest BCUT2D eigenvalue weighted by Crippen LogP contribution is -2.13. The standard InChI is InChI=1S/C21H22N6O2S3/c1-10(2)27-18-14(8-23-27)13(7-15(25-18)16-6-5-11(3)31-16)19(29)26-21-24-12(4)20(32-21)30-9-17(22)28/h5-8,10H,9H2,1-4H3,(H2,22,28)(H,24,26,29). The van der Waals surface area contributed by atoms with E-state index in [1.807, 2.05) is 44.5 Å². The van der Waals surface area contributed by atoms with Crippen molar-refractivity contribution in [2.24, 2.45) is 5.73 Å². The summed E-state index contributed by atoms with van der Waals surface area (Å²) in [6, 6.07) is 5.95. The monoisotopic (exact) mass is 486 g/mol. The molecular weight excluding hydrogens is 464 g/mol. The number of fused-ring (bicyclic) bond motifs is 1. The molecular formula is C21H22N6O2S3. The Balaban J connectivity index is 1.72. The van der Waals surface area contributed by atoms with Crippen LogP contribution in [0.25, 0.3) is 21.6 Å². The molecule has 11 heteroatoms. The zero-order valence-corrected chi connectivity index (χ0v) is 20.5. The molecule has 0 fully saturated rings. The van der Waals surface area contributed by atoms with Gasteiger partial charge in [0.15, 0.2) is 10.8 Å². The summed E-state index contributed by atoms with van der Waals surface area (Å²) in [5.41, 5.74) is 7.87. The lowest BCUT2D eigenvalue weighted by atomic mass is 10.1. The minimum absolute atomic E-state index is 0.0997. The van der Waals surface area contributed by atoms with Gasteiger partial charge in [-0.05, 0) is 45.9 Å². The van der Waals surface area contributed by atoms with E-state index < -0.39 is 5.91 Å². The lowest BCUT2D eigenvalue weighted by molar-refractivity contribution is -0.115. The number of amides is 2. The largest absolute Gasteiger partial charge is 0.369 e. The van der Waals surface area contributed by atoms with Crippen LogP contribution < -0.4 is 11.1 Å². The van der Waals surface area contributed by atoms with Crippen LogP contribution in [0.4, 0.5) is 5.13 Å². The highest BCUT2D eigenvalue weighted by molar-refractivity contribution is 8.01. The molecule has 0 saturated heterocycles. The van der Waals surface area contributed by atoms with Gasteiger partial charge in [-0.15, -0.1) is 23.1 Å². The van der Waals surface area contributed by atoms with Gasteiger partial charge in [-0.1, -0.05) is 11.3 Å². The third-order valence-electron chi connectivity index (χ3n) is 4.61. The Morgan fingerprint density at radius 1 is 1.22 bits per heavy atom. The number of aromatic nitrogens is 4. The molecule has 0 spiro atoms. The Morgan fingerprint density at radius 2 is 2.00 bits per heavy atom. The summed E-state index contributed by atoms with van der Waals surface area (Å²) in [6.45, 7) is 7.93. The first-order valence-corrected chi connectivity index (χ1v) is 12.5. The number of hydrogen-bond donors (Lipinski definition) is 2. The van der Waals surface area contributed by atoms with Crippen LogP contribution in [0.1, 0.15) is 40.8 Å². The molecule has 32 heavy (non-hydrogen) atoms. The van der Waals surface area contributed by atoms with Gasteiger partial charge in [0.05, 0.1) is 43.4 Å². The molecule has 4 heterocycles. The van der Waals surface area contributed by atoms with Crippen molar-refractivity contribution in [2.75, 3.05) is 11.1 Å². The molecule has 0 radical (unpaired) electrons. The minimum atomic E-state index is -0.397. The maximum absolute atomic E-state index is 13.3. The van der Waals surface area contributed by atoms with E-state index in [9.17, 15) is 9.59 Å². The Morgan fingerprint density at radius 3 is 2.66 bits per heavy atom. The Kier molecular flexibility index (Phi) is 6.31. The normalized spacial score (nSPS) is 11.4. The number of hydrogen-bond acceptors (Lipinski definition) is 8. The third kappa shape index (κ3) is 4.54. The zero-order valence-electron chi connectivity index (χ0n) is 18.0. The van der Waals surface area contributed by atoms with E-state index in [4.69, 9.17) is 10.7 Å². The molecule has 0 aromatic carbocycles. The number of nitrogens with zero attached hydrogens (tertiary/aromatic N) is 4. The molecule has 0 aliphatic carbocycles. The number of nitrogens with one attached hydrogen (secondary N) is 1. The number of carbonyl (C=O) groups excluding carboxylic acids is 2. The Bertz CT molecular complexity index is 1320. The molecule has 0 atom stereocenters. The van der Waals surface area contributed by atoms with Gasteiger partial charge in [0, 0.05) is 10.9 Å². The Hall–Kier alpha value is -2.76. The number of anilines is 1. The van der Waals surface area contributed by atoms with Crippen molar-refractivity contribution >= 4 is 62.4 Å². The Labute approximate surface area is 197 Å². The van der Waals surface area contributed by atoms with Crippen molar-refractivity contribution < 1.29 is 9.59 Å². The number of pyridine rings is 1. The first-order chi connectivity index (χ1) is 15.2. The maximum Gasteiger partial charge on any atom is 0.258 e. The van der Waals surface area contributed by atoms with E-state index in [1.54, 1.807) is 23.6 Å². The molecule has 0 aliphatic rings. The molecule has 4 aromatic heterocycles. The third-order valence-corrected chi connectivity index (χ3v) is 8.09. The van der Waals surface area contributed by atoms with Crippen LogP contribution >= 0.6 is 34.4 Å². The number of aryl methyl sites for hydroxylation is 2. The van der Waals surface area contributed by atoms with Gasteiger partial charge in [-0.2, -0.15) is 5.10 Å². The molecule has 3 N–H and O–H groups in total. The average Bonchev–Trinajstić information content (AvgIpc) is 3.43. The summed E-state index contributed by atoms with van der Waals surface area (Å²) in [6.07, 6.45) is 1.68. The van der Waals surface area contributed by atoms with E-state index in [1.165, 1.54) is 28.0 Å². The average molecular weight is 487 g/mol. The van der Waals surface area contributed by atoms with Crippen molar-refractivity contribution in [3.8, 4) is 10.6 Å². The maximum atomic E-state index is 13.3. The second-order valence-corrected chi connectivity index (χ2v) is 11.0. The number of nitrogens with two attached hydrogens (primary N) is 1. The predicted molar refractivity (Wildman–Crippen MR) is 131 cm³/mol. The summed E-state index contributed by atoms with van der Waals surface area (Å²) >= 11 is 4.27. The van der Waals surface area contributed by atoms with Crippen molar-refractivity contribution in [3.63, 3.8) is 0 Å². The molecule has 166 valence electrons. The van der Waals surface area contributed by atoms with Gasteiger partial charge in [0.25, 0.3) is 5.91 Å². The number of primary amides is 1. The van der Waals surface area contributed by atoms with Crippen LogP contribution in [0, 0.1) is 13.8 Å². The quantitative estimate of drug-likeness (QED) is 0.368. The van der Waals surface area contributed by atoms with E-state index in [0.29, 0.717) is 21.7 Å². The molecule has 0 saturated carbocycles. The molecule has 8 nitrogen and oxygen atoms in total. The molecule has 4 rings (SSSR count). The van der Waals surface area contributed by atoms with Gasteiger partial charge >= 0.3 is 0 Å². The molecule has 4 aromatic rings. The SMILES string of the molecule is Cc1ccc(-c2cc(C(=O)Nc3nc(C)c(SCC(N)=O)s3)c3cnn(C(C)C)c3n2)s1. The first-order valence-electron chi connectivity index (χ1n) is 9.88. The van der Waals surface area contributed by atoms with Crippen molar-refractivity contribution in [2.45, 2.75) is 37.9 Å². The summed E-state index contributed by atoms with van der Waals surface area (Å²) in [5, 5.41) is 8.51. The number of thioether (sulfide) groups is 1. The van der Waals surface area contributed by atoms with Gasteiger partial charge in [-0.3, -0.25) is 14.9 Å². The van der Waals surface area contributed by atoms with Gasteiger partial charge in [0.2, 0.25) is 5.91 Å². The smallest absolute Gasteiger partial charge is 0.258 e. The van der Waals surface area contributed by atoms with Crippen molar-refractivity contribution in [1.82, 2.24) is 19.7 Å². The van der Waals surface area contributed by atoms with Crippen LogP contribution in [0.3, 0.4) is 0 Å². The van der Waals surface area contributed by atoms with E-state index in [2.05, 4.69) is 15.4 Å². The predicted octanol–water partition coefficient (Wildman–Crippen LogP) is 4.64. The first kappa shape index (κ1) is 22.4. The molecule has 2 amide bonds. The fourth-order valence-electron chi connectivity index (χ4n) is 3.15. The summed E-state index contributed by atoms with van der Waals surface area (Å²) in [7, 11) is 0. The van der Waals surface area contributed by atoms with Crippen LogP contribution in [-0.4, -0.2) is 37.3 Å². The highest BCUT2D eigenvalue weighted by Crippen LogP contribution is 2.34. The second kappa shape index (κ2) is 9.00.